The van der Waals surface area contributed by atoms with Crippen molar-refractivity contribution in [2.75, 3.05) is 6.54 Å². The Balaban J connectivity index is 2.51. The molecule has 0 aliphatic rings. The molecule has 0 saturated heterocycles. The molecule has 0 heterocycles. The van der Waals surface area contributed by atoms with Gasteiger partial charge in [0.2, 0.25) is 0 Å². The van der Waals surface area contributed by atoms with Crippen molar-refractivity contribution in [2.45, 2.75) is 19.9 Å². The van der Waals surface area contributed by atoms with Crippen LogP contribution in [0.4, 0.5) is 8.78 Å². The average molecular weight is 340 g/mol. The summed E-state index contributed by atoms with van der Waals surface area (Å²) in [5, 5.41) is 3.25. The van der Waals surface area contributed by atoms with E-state index >= 15 is 0 Å². The standard InChI is InChI=1S/C16H16BrF2N/c1-3-20-16(11-5-4-6-12(17)8-11)13-7-10(2)14(18)9-15(13)19/h4-9,16,20H,3H2,1-2H3. The summed E-state index contributed by atoms with van der Waals surface area (Å²) in [6.07, 6.45) is 0. The number of benzene rings is 2. The van der Waals surface area contributed by atoms with E-state index in [0.29, 0.717) is 17.7 Å². The number of halogens is 3. The number of aryl methyl sites for hydroxylation is 1. The highest BCUT2D eigenvalue weighted by Gasteiger charge is 2.19. The summed E-state index contributed by atoms with van der Waals surface area (Å²) >= 11 is 3.42. The first-order chi connectivity index (χ1) is 9.52. The zero-order valence-electron chi connectivity index (χ0n) is 11.4. The second kappa shape index (κ2) is 6.46. The normalized spacial score (nSPS) is 12.4. The molecule has 2 aromatic carbocycles. The Hall–Kier alpha value is -1.26. The number of rotatable bonds is 4. The Morgan fingerprint density at radius 2 is 1.90 bits per heavy atom. The van der Waals surface area contributed by atoms with Crippen LogP contribution in [0, 0.1) is 18.6 Å². The van der Waals surface area contributed by atoms with Gasteiger partial charge in [-0.2, -0.15) is 0 Å². The van der Waals surface area contributed by atoms with E-state index in [2.05, 4.69) is 21.2 Å². The smallest absolute Gasteiger partial charge is 0.131 e. The minimum atomic E-state index is -0.529. The fourth-order valence-electron chi connectivity index (χ4n) is 2.20. The number of hydrogen-bond acceptors (Lipinski definition) is 1. The van der Waals surface area contributed by atoms with Gasteiger partial charge in [-0.3, -0.25) is 0 Å². The van der Waals surface area contributed by atoms with Crippen LogP contribution in [0.3, 0.4) is 0 Å². The highest BCUT2D eigenvalue weighted by Crippen LogP contribution is 2.28. The van der Waals surface area contributed by atoms with Crippen molar-refractivity contribution in [2.24, 2.45) is 0 Å². The van der Waals surface area contributed by atoms with Gasteiger partial charge >= 0.3 is 0 Å². The van der Waals surface area contributed by atoms with Crippen molar-refractivity contribution >= 4 is 15.9 Å². The molecule has 20 heavy (non-hydrogen) atoms. The maximum Gasteiger partial charge on any atom is 0.131 e. The van der Waals surface area contributed by atoms with Gasteiger partial charge in [0.1, 0.15) is 11.6 Å². The molecule has 1 atom stereocenters. The highest BCUT2D eigenvalue weighted by molar-refractivity contribution is 9.10. The monoisotopic (exact) mass is 339 g/mol. The lowest BCUT2D eigenvalue weighted by Crippen LogP contribution is -2.23. The highest BCUT2D eigenvalue weighted by atomic mass is 79.9. The molecule has 0 fully saturated rings. The lowest BCUT2D eigenvalue weighted by Gasteiger charge is -2.20. The van der Waals surface area contributed by atoms with Crippen LogP contribution in [0.1, 0.15) is 29.7 Å². The summed E-state index contributed by atoms with van der Waals surface area (Å²) in [5.74, 6) is -1.05. The first-order valence-corrected chi connectivity index (χ1v) is 7.26. The van der Waals surface area contributed by atoms with E-state index in [0.717, 1.165) is 16.1 Å². The van der Waals surface area contributed by atoms with E-state index in [1.165, 1.54) is 0 Å². The second-order valence-corrected chi connectivity index (χ2v) is 5.58. The largest absolute Gasteiger partial charge is 0.306 e. The van der Waals surface area contributed by atoms with Crippen LogP contribution < -0.4 is 5.32 Å². The molecule has 1 unspecified atom stereocenters. The summed E-state index contributed by atoms with van der Waals surface area (Å²) in [7, 11) is 0. The summed E-state index contributed by atoms with van der Waals surface area (Å²) < 4.78 is 28.4. The van der Waals surface area contributed by atoms with Crippen LogP contribution in [-0.4, -0.2) is 6.54 Å². The third kappa shape index (κ3) is 3.25. The van der Waals surface area contributed by atoms with Crippen LogP contribution in [-0.2, 0) is 0 Å². The van der Waals surface area contributed by atoms with Crippen LogP contribution in [0.15, 0.2) is 40.9 Å². The maximum atomic E-state index is 14.1. The van der Waals surface area contributed by atoms with Gasteiger partial charge in [0.25, 0.3) is 0 Å². The number of hydrogen-bond donors (Lipinski definition) is 1. The molecule has 0 radical (unpaired) electrons. The third-order valence-corrected chi connectivity index (χ3v) is 3.67. The topological polar surface area (TPSA) is 12.0 Å². The minimum absolute atomic E-state index is 0.295. The minimum Gasteiger partial charge on any atom is -0.306 e. The van der Waals surface area contributed by atoms with Crippen molar-refractivity contribution in [3.05, 3.63) is 69.2 Å². The SMILES string of the molecule is CCNC(c1cccc(Br)c1)c1cc(C)c(F)cc1F. The molecule has 0 aromatic heterocycles. The number of nitrogens with one attached hydrogen (secondary N) is 1. The van der Waals surface area contributed by atoms with Crippen LogP contribution in [0.25, 0.3) is 0 Å². The quantitative estimate of drug-likeness (QED) is 0.848. The Morgan fingerprint density at radius 3 is 2.55 bits per heavy atom. The fraction of sp³-hybridized carbons (Fsp3) is 0.250. The molecule has 106 valence electrons. The molecular formula is C16H16BrF2N. The van der Waals surface area contributed by atoms with Crippen LogP contribution in [0.5, 0.6) is 0 Å². The van der Waals surface area contributed by atoms with Crippen LogP contribution in [0.2, 0.25) is 0 Å². The Kier molecular flexibility index (Phi) is 4.89. The maximum absolute atomic E-state index is 14.1. The molecule has 4 heteroatoms. The molecule has 0 aliphatic heterocycles. The lowest BCUT2D eigenvalue weighted by atomic mass is 9.96. The Morgan fingerprint density at radius 1 is 1.15 bits per heavy atom. The van der Waals surface area contributed by atoms with E-state index in [9.17, 15) is 8.78 Å². The molecule has 0 spiro atoms. The molecular weight excluding hydrogens is 324 g/mol. The van der Waals surface area contributed by atoms with E-state index in [1.807, 2.05) is 31.2 Å². The Labute approximate surface area is 126 Å². The van der Waals surface area contributed by atoms with Crippen molar-refractivity contribution in [1.29, 1.82) is 0 Å². The lowest BCUT2D eigenvalue weighted by molar-refractivity contribution is 0.537. The van der Waals surface area contributed by atoms with Gasteiger partial charge in [-0.25, -0.2) is 8.78 Å². The van der Waals surface area contributed by atoms with Gasteiger partial charge in [0.05, 0.1) is 6.04 Å². The predicted molar refractivity (Wildman–Crippen MR) is 80.8 cm³/mol. The molecule has 0 bridgehead atoms. The summed E-state index contributed by atoms with van der Waals surface area (Å²) in [5.41, 5.74) is 1.84. The van der Waals surface area contributed by atoms with Gasteiger partial charge in [-0.1, -0.05) is 35.0 Å². The second-order valence-electron chi connectivity index (χ2n) is 4.67. The molecule has 0 amide bonds. The van der Waals surface area contributed by atoms with Crippen LogP contribution >= 0.6 is 15.9 Å². The fourth-order valence-corrected chi connectivity index (χ4v) is 2.62. The molecule has 1 nitrogen and oxygen atoms in total. The van der Waals surface area contributed by atoms with Gasteiger partial charge in [0.15, 0.2) is 0 Å². The van der Waals surface area contributed by atoms with Crippen molar-refractivity contribution < 1.29 is 8.78 Å². The first-order valence-electron chi connectivity index (χ1n) is 6.47. The molecule has 2 rings (SSSR count). The summed E-state index contributed by atoms with van der Waals surface area (Å²) in [4.78, 5) is 0. The summed E-state index contributed by atoms with van der Waals surface area (Å²) in [6, 6.07) is 9.90. The van der Waals surface area contributed by atoms with E-state index < -0.39 is 11.6 Å². The zero-order chi connectivity index (χ0) is 14.7. The Bertz CT molecular complexity index is 613. The van der Waals surface area contributed by atoms with Gasteiger partial charge in [-0.05, 0) is 42.8 Å². The first kappa shape index (κ1) is 15.1. The van der Waals surface area contributed by atoms with Gasteiger partial charge in [-0.15, -0.1) is 0 Å². The van der Waals surface area contributed by atoms with E-state index in [1.54, 1.807) is 13.0 Å². The van der Waals surface area contributed by atoms with Crippen molar-refractivity contribution in [3.8, 4) is 0 Å². The van der Waals surface area contributed by atoms with Crippen molar-refractivity contribution in [1.82, 2.24) is 5.32 Å². The third-order valence-electron chi connectivity index (χ3n) is 3.18. The molecule has 0 saturated carbocycles. The van der Waals surface area contributed by atoms with Gasteiger partial charge in [0, 0.05) is 16.1 Å². The zero-order valence-corrected chi connectivity index (χ0v) is 13.0. The molecule has 2 aromatic rings. The van der Waals surface area contributed by atoms with E-state index in [-0.39, 0.29) is 6.04 Å². The summed E-state index contributed by atoms with van der Waals surface area (Å²) in [6.45, 7) is 4.29. The molecule has 1 N–H and O–H groups in total. The van der Waals surface area contributed by atoms with Gasteiger partial charge < -0.3 is 5.32 Å². The van der Waals surface area contributed by atoms with E-state index in [4.69, 9.17) is 0 Å². The van der Waals surface area contributed by atoms with Crippen molar-refractivity contribution in [3.63, 3.8) is 0 Å². The average Bonchev–Trinajstić information content (AvgIpc) is 2.40. The molecule has 0 aliphatic carbocycles. The predicted octanol–water partition coefficient (Wildman–Crippen LogP) is 4.73.